The van der Waals surface area contributed by atoms with Gasteiger partial charge in [-0.05, 0) is 6.42 Å². The summed E-state index contributed by atoms with van der Waals surface area (Å²) >= 11 is 0. The Hall–Kier alpha value is 0.01000. The number of carbonyl (C=O) groups excluding carboxylic acids is 2. The Morgan fingerprint density at radius 2 is 1.62 bits per heavy atom. The number of amides is 2. The molecule has 0 aliphatic rings. The van der Waals surface area contributed by atoms with Crippen LogP contribution in [0.15, 0.2) is 0 Å². The largest absolute Gasteiger partial charge is 0.303 e. The van der Waals surface area contributed by atoms with E-state index in [9.17, 15) is 18.0 Å². The third kappa shape index (κ3) is 3.51. The summed E-state index contributed by atoms with van der Waals surface area (Å²) in [5.41, 5.74) is 5.37. The normalized spacial score (nSPS) is 14.6. The Labute approximate surface area is 116 Å². The molecule has 7 nitrogen and oxygen atoms in total. The molecule has 0 saturated heterocycles. The molecule has 9 heteroatoms. The summed E-state index contributed by atoms with van der Waals surface area (Å²) in [5, 5.41) is 0. The Balaban J connectivity index is 0. The molecule has 0 saturated carbocycles. The number of nitrogens with two attached hydrogens (primary N) is 1. The summed E-state index contributed by atoms with van der Waals surface area (Å²) in [5.74, 6) is -1.69. The number of carbonyl (C=O) groups is 2. The third-order valence-corrected chi connectivity index (χ3v) is 3.33. The fraction of sp³-hybridized carbons (Fsp3) is 0.714. The standard InChI is InChI=1S/C7H14N2O5S.Na/c1-4-7(8,15(12,13)14)9(5(2)10)6(3)11;/h4,8H2,1-3H3,(H,12,13,14);. The first-order chi connectivity index (χ1) is 6.58. The molecule has 0 aromatic heterocycles. The van der Waals surface area contributed by atoms with Crippen LogP contribution in [-0.2, 0) is 19.7 Å². The molecular formula is C7H14N2NaO5S. The van der Waals surface area contributed by atoms with Gasteiger partial charge < -0.3 is 0 Å². The maximum Gasteiger partial charge on any atom is 0.303 e. The maximum atomic E-state index is 11.1. The molecule has 0 fully saturated rings. The average Bonchev–Trinajstić information content (AvgIpc) is 2.00. The zero-order valence-corrected chi connectivity index (χ0v) is 12.5. The van der Waals surface area contributed by atoms with Gasteiger partial charge in [-0.1, -0.05) is 6.92 Å². The van der Waals surface area contributed by atoms with Crippen molar-refractivity contribution in [3.8, 4) is 0 Å². The van der Waals surface area contributed by atoms with Crippen LogP contribution in [-0.4, -0.2) is 64.2 Å². The quantitative estimate of drug-likeness (QED) is 0.378. The van der Waals surface area contributed by atoms with E-state index in [4.69, 9.17) is 10.3 Å². The van der Waals surface area contributed by atoms with Gasteiger partial charge >= 0.3 is 10.1 Å². The number of nitrogens with zero attached hydrogens (tertiary/aromatic N) is 1. The van der Waals surface area contributed by atoms with Gasteiger partial charge in [-0.2, -0.15) is 8.42 Å². The van der Waals surface area contributed by atoms with E-state index in [0.29, 0.717) is 4.90 Å². The van der Waals surface area contributed by atoms with Crippen molar-refractivity contribution in [3.63, 3.8) is 0 Å². The first-order valence-electron chi connectivity index (χ1n) is 4.15. The van der Waals surface area contributed by atoms with Crippen molar-refractivity contribution in [1.29, 1.82) is 0 Å². The van der Waals surface area contributed by atoms with Gasteiger partial charge in [0.1, 0.15) is 0 Å². The van der Waals surface area contributed by atoms with Crippen LogP contribution in [0.4, 0.5) is 0 Å². The average molecular weight is 261 g/mol. The van der Waals surface area contributed by atoms with E-state index in [1.165, 1.54) is 6.92 Å². The van der Waals surface area contributed by atoms with Gasteiger partial charge in [0.15, 0.2) is 0 Å². The van der Waals surface area contributed by atoms with E-state index in [0.717, 1.165) is 13.8 Å². The SMILES string of the molecule is CCC(N)(N(C(C)=O)C(C)=O)S(=O)(=O)O.[Na]. The molecule has 0 bridgehead atoms. The molecular weight excluding hydrogens is 247 g/mol. The van der Waals surface area contributed by atoms with Crippen LogP contribution in [0, 0.1) is 0 Å². The number of rotatable bonds is 3. The van der Waals surface area contributed by atoms with Gasteiger partial charge in [-0.3, -0.25) is 19.9 Å². The Kier molecular flexibility index (Phi) is 6.99. The van der Waals surface area contributed by atoms with Crippen LogP contribution >= 0.6 is 0 Å². The molecule has 0 spiro atoms. The van der Waals surface area contributed by atoms with Crippen LogP contribution in [0.5, 0.6) is 0 Å². The molecule has 0 aromatic rings. The van der Waals surface area contributed by atoms with Gasteiger partial charge in [0, 0.05) is 43.4 Å². The second kappa shape index (κ2) is 6.08. The van der Waals surface area contributed by atoms with Crippen LogP contribution < -0.4 is 5.73 Å². The molecule has 1 atom stereocenters. The summed E-state index contributed by atoms with van der Waals surface area (Å²) < 4.78 is 30.9. The van der Waals surface area contributed by atoms with Gasteiger partial charge in [0.25, 0.3) is 0 Å². The molecule has 0 rings (SSSR count). The van der Waals surface area contributed by atoms with Crippen molar-refractivity contribution in [1.82, 2.24) is 4.90 Å². The minimum atomic E-state index is -4.74. The van der Waals surface area contributed by atoms with E-state index in [2.05, 4.69) is 0 Å². The molecule has 89 valence electrons. The molecule has 1 unspecified atom stereocenters. The first kappa shape index (κ1) is 18.4. The van der Waals surface area contributed by atoms with Gasteiger partial charge in [0.2, 0.25) is 16.8 Å². The fourth-order valence-electron chi connectivity index (χ4n) is 1.21. The summed E-state index contributed by atoms with van der Waals surface area (Å²) in [6.07, 6.45) is -0.301. The molecule has 3 N–H and O–H groups in total. The maximum absolute atomic E-state index is 11.1. The first-order valence-corrected chi connectivity index (χ1v) is 5.59. The van der Waals surface area contributed by atoms with Crippen molar-refractivity contribution < 1.29 is 22.6 Å². The van der Waals surface area contributed by atoms with Crippen molar-refractivity contribution >= 4 is 51.5 Å². The van der Waals surface area contributed by atoms with Crippen molar-refractivity contribution in [2.75, 3.05) is 0 Å². The zero-order valence-electron chi connectivity index (χ0n) is 9.72. The Morgan fingerprint density at radius 1 is 1.31 bits per heavy atom. The summed E-state index contributed by atoms with van der Waals surface area (Å²) in [6.45, 7) is 3.32. The molecule has 0 aliphatic heterocycles. The van der Waals surface area contributed by atoms with Crippen molar-refractivity contribution in [2.24, 2.45) is 5.73 Å². The fourth-order valence-corrected chi connectivity index (χ4v) is 2.06. The molecule has 0 aliphatic carbocycles. The second-order valence-electron chi connectivity index (χ2n) is 3.05. The number of hydrogen-bond acceptors (Lipinski definition) is 5. The number of hydrogen-bond donors (Lipinski definition) is 2. The van der Waals surface area contributed by atoms with E-state index in [-0.39, 0.29) is 36.0 Å². The minimum absolute atomic E-state index is 0. The monoisotopic (exact) mass is 261 g/mol. The van der Waals surface area contributed by atoms with Crippen molar-refractivity contribution in [2.45, 2.75) is 32.2 Å². The molecule has 0 aromatic carbocycles. The van der Waals surface area contributed by atoms with E-state index in [1.807, 2.05) is 0 Å². The van der Waals surface area contributed by atoms with Crippen LogP contribution in [0.25, 0.3) is 0 Å². The summed E-state index contributed by atoms with van der Waals surface area (Å²) in [4.78, 5) is 20.1. The van der Waals surface area contributed by atoms with Crippen LogP contribution in [0.2, 0.25) is 0 Å². The second-order valence-corrected chi connectivity index (χ2v) is 4.70. The van der Waals surface area contributed by atoms with E-state index in [1.54, 1.807) is 0 Å². The van der Waals surface area contributed by atoms with Crippen LogP contribution in [0.3, 0.4) is 0 Å². The topological polar surface area (TPSA) is 118 Å². The van der Waals surface area contributed by atoms with E-state index < -0.39 is 26.9 Å². The molecule has 2 amide bonds. The van der Waals surface area contributed by atoms with Crippen molar-refractivity contribution in [3.05, 3.63) is 0 Å². The van der Waals surface area contributed by atoms with Gasteiger partial charge in [-0.25, -0.2) is 4.90 Å². The molecule has 0 heterocycles. The predicted octanol–water partition coefficient (Wildman–Crippen LogP) is -1.09. The summed E-state index contributed by atoms with van der Waals surface area (Å²) in [7, 11) is -4.74. The predicted molar refractivity (Wildman–Crippen MR) is 57.7 cm³/mol. The molecule has 1 radical (unpaired) electrons. The van der Waals surface area contributed by atoms with Gasteiger partial charge in [0.05, 0.1) is 0 Å². The molecule has 16 heavy (non-hydrogen) atoms. The number of imide groups is 1. The smallest absolute Gasteiger partial charge is 0.293 e. The Bertz CT molecular complexity index is 368. The Morgan fingerprint density at radius 3 is 1.69 bits per heavy atom. The van der Waals surface area contributed by atoms with Crippen LogP contribution in [0.1, 0.15) is 27.2 Å². The third-order valence-electron chi connectivity index (χ3n) is 1.96. The van der Waals surface area contributed by atoms with E-state index >= 15 is 0 Å². The summed E-state index contributed by atoms with van der Waals surface area (Å²) in [6, 6.07) is 0. The zero-order chi connectivity index (χ0) is 12.4. The van der Waals surface area contributed by atoms with Gasteiger partial charge in [-0.15, -0.1) is 0 Å². The minimum Gasteiger partial charge on any atom is -0.293 e.